The molecule has 0 atom stereocenters. The molecule has 0 spiro atoms. The lowest BCUT2D eigenvalue weighted by atomic mass is 10.2. The minimum atomic E-state index is -4.55. The number of alkyl halides is 3. The van der Waals surface area contributed by atoms with Crippen molar-refractivity contribution in [1.29, 1.82) is 0 Å². The van der Waals surface area contributed by atoms with Crippen LogP contribution in [0.5, 0.6) is 0 Å². The highest BCUT2D eigenvalue weighted by Crippen LogP contribution is 2.35. The Kier molecular flexibility index (Phi) is 5.08. The second-order valence-corrected chi connectivity index (χ2v) is 6.47. The number of hydrogen-bond donors (Lipinski definition) is 2. The summed E-state index contributed by atoms with van der Waals surface area (Å²) in [6, 6.07) is 11.9. The lowest BCUT2D eigenvalue weighted by Gasteiger charge is -2.28. The number of amides is 2. The minimum Gasteiger partial charge on any atom is -0.301 e. The second kappa shape index (κ2) is 7.28. The predicted molar refractivity (Wildman–Crippen MR) is 92.7 cm³/mol. The first-order valence-corrected chi connectivity index (χ1v) is 8.58. The molecule has 1 aliphatic rings. The van der Waals surface area contributed by atoms with Gasteiger partial charge in [-0.3, -0.25) is 20.4 Å². The van der Waals surface area contributed by atoms with Crippen LogP contribution in [0.1, 0.15) is 5.56 Å². The number of nitrogens with one attached hydrogen (secondary N) is 2. The van der Waals surface area contributed by atoms with E-state index in [9.17, 15) is 22.8 Å². The van der Waals surface area contributed by atoms with Crippen molar-refractivity contribution in [2.45, 2.75) is 11.1 Å². The first kappa shape index (κ1) is 18.1. The molecule has 0 unspecified atom stereocenters. The van der Waals surface area contributed by atoms with Gasteiger partial charge in [0.2, 0.25) is 5.91 Å². The van der Waals surface area contributed by atoms with Gasteiger partial charge in [-0.15, -0.1) is 11.8 Å². The number of hydrazine groups is 1. The molecule has 2 aromatic rings. The Morgan fingerprint density at radius 1 is 1.12 bits per heavy atom. The van der Waals surface area contributed by atoms with Crippen molar-refractivity contribution in [3.8, 4) is 0 Å². The van der Waals surface area contributed by atoms with E-state index in [0.29, 0.717) is 5.69 Å². The molecule has 0 aromatic heterocycles. The fourth-order valence-electron chi connectivity index (χ4n) is 2.49. The Balaban J connectivity index is 1.68. The molecule has 3 rings (SSSR count). The summed E-state index contributed by atoms with van der Waals surface area (Å²) in [5.41, 5.74) is 3.95. The van der Waals surface area contributed by atoms with Crippen molar-refractivity contribution < 1.29 is 22.8 Å². The number of nitrogens with zero attached hydrogens (tertiary/aromatic N) is 1. The fraction of sp³-hybridized carbons (Fsp3) is 0.176. The number of halogens is 3. The Morgan fingerprint density at radius 3 is 2.58 bits per heavy atom. The van der Waals surface area contributed by atoms with Crippen molar-refractivity contribution in [2.24, 2.45) is 0 Å². The van der Waals surface area contributed by atoms with E-state index >= 15 is 0 Å². The van der Waals surface area contributed by atoms with Crippen LogP contribution in [0.4, 0.5) is 24.5 Å². The van der Waals surface area contributed by atoms with E-state index in [1.807, 2.05) is 12.1 Å². The van der Waals surface area contributed by atoms with Gasteiger partial charge in [0.1, 0.15) is 6.54 Å². The van der Waals surface area contributed by atoms with Gasteiger partial charge in [0.05, 0.1) is 22.7 Å². The lowest BCUT2D eigenvalue weighted by Crippen LogP contribution is -2.44. The molecule has 5 nitrogen and oxygen atoms in total. The monoisotopic (exact) mass is 381 g/mol. The third kappa shape index (κ3) is 3.93. The number of carbonyl (C=O) groups is 2. The molecule has 2 aromatic carbocycles. The standard InChI is InChI=1S/C17H14F3N3O2S/c18-17(19,20)11-5-1-2-6-12(11)21-22-15(24)9-23-13-7-3-4-8-14(13)26-10-16(23)25/h1-8,21H,9-10H2,(H,22,24). The highest BCUT2D eigenvalue weighted by Gasteiger charge is 2.33. The molecule has 2 amide bonds. The van der Waals surface area contributed by atoms with E-state index in [1.54, 1.807) is 12.1 Å². The summed E-state index contributed by atoms with van der Waals surface area (Å²) in [5, 5.41) is 0. The smallest absolute Gasteiger partial charge is 0.301 e. The highest BCUT2D eigenvalue weighted by molar-refractivity contribution is 8.00. The number of thioether (sulfide) groups is 1. The van der Waals surface area contributed by atoms with Crippen LogP contribution in [0.25, 0.3) is 0 Å². The Bertz CT molecular complexity index is 842. The zero-order valence-electron chi connectivity index (χ0n) is 13.3. The largest absolute Gasteiger partial charge is 0.418 e. The number of fused-ring (bicyclic) bond motifs is 1. The van der Waals surface area contributed by atoms with Gasteiger partial charge in [0.25, 0.3) is 5.91 Å². The number of para-hydroxylation sites is 2. The number of anilines is 2. The first-order chi connectivity index (χ1) is 12.4. The van der Waals surface area contributed by atoms with Crippen LogP contribution in [-0.4, -0.2) is 24.1 Å². The molecule has 0 radical (unpaired) electrons. The van der Waals surface area contributed by atoms with E-state index in [0.717, 1.165) is 11.0 Å². The maximum absolute atomic E-state index is 13.0. The summed E-state index contributed by atoms with van der Waals surface area (Å²) in [4.78, 5) is 26.4. The maximum Gasteiger partial charge on any atom is 0.418 e. The SMILES string of the molecule is O=C(CN1C(=O)CSc2ccccc21)NNc1ccccc1C(F)(F)F. The van der Waals surface area contributed by atoms with Crippen molar-refractivity contribution in [2.75, 3.05) is 22.6 Å². The van der Waals surface area contributed by atoms with Crippen molar-refractivity contribution in [3.63, 3.8) is 0 Å². The molecule has 0 saturated heterocycles. The summed E-state index contributed by atoms with van der Waals surface area (Å²) in [5.74, 6) is -0.661. The average Bonchev–Trinajstić information content (AvgIpc) is 2.62. The minimum absolute atomic E-state index is 0.203. The van der Waals surface area contributed by atoms with Gasteiger partial charge >= 0.3 is 6.18 Å². The molecule has 26 heavy (non-hydrogen) atoms. The van der Waals surface area contributed by atoms with Gasteiger partial charge in [0.15, 0.2) is 0 Å². The number of rotatable bonds is 4. The molecule has 0 saturated carbocycles. The molecule has 1 aliphatic heterocycles. The molecule has 2 N–H and O–H groups in total. The van der Waals surface area contributed by atoms with E-state index in [2.05, 4.69) is 10.9 Å². The van der Waals surface area contributed by atoms with Gasteiger partial charge < -0.3 is 4.90 Å². The number of carbonyl (C=O) groups excluding carboxylic acids is 2. The maximum atomic E-state index is 13.0. The van der Waals surface area contributed by atoms with Crippen LogP contribution < -0.4 is 15.8 Å². The van der Waals surface area contributed by atoms with Crippen molar-refractivity contribution in [3.05, 3.63) is 54.1 Å². The predicted octanol–water partition coefficient (Wildman–Crippen LogP) is 3.29. The Hall–Kier alpha value is -2.68. The number of benzene rings is 2. The molecule has 1 heterocycles. The van der Waals surface area contributed by atoms with Crippen LogP contribution >= 0.6 is 11.8 Å². The molecular formula is C17H14F3N3O2S. The van der Waals surface area contributed by atoms with Crippen LogP contribution in [0.3, 0.4) is 0 Å². The number of hydrogen-bond acceptors (Lipinski definition) is 4. The van der Waals surface area contributed by atoms with Gasteiger partial charge in [0, 0.05) is 4.90 Å². The quantitative estimate of drug-likeness (QED) is 0.798. The van der Waals surface area contributed by atoms with Crippen molar-refractivity contribution >= 4 is 35.0 Å². The molecule has 0 fully saturated rings. The normalized spacial score (nSPS) is 14.0. The summed E-state index contributed by atoms with van der Waals surface area (Å²) >= 11 is 1.38. The zero-order chi connectivity index (χ0) is 18.7. The zero-order valence-corrected chi connectivity index (χ0v) is 14.2. The summed E-state index contributed by atoms with van der Waals surface area (Å²) < 4.78 is 38.9. The van der Waals surface area contributed by atoms with Crippen molar-refractivity contribution in [1.82, 2.24) is 5.43 Å². The van der Waals surface area contributed by atoms with Gasteiger partial charge in [-0.25, -0.2) is 0 Å². The lowest BCUT2D eigenvalue weighted by molar-refractivity contribution is -0.137. The fourth-order valence-corrected chi connectivity index (χ4v) is 3.42. The second-order valence-electron chi connectivity index (χ2n) is 5.45. The molecule has 9 heteroatoms. The van der Waals surface area contributed by atoms with Gasteiger partial charge in [-0.05, 0) is 24.3 Å². The average molecular weight is 381 g/mol. The Labute approximate surface area is 151 Å². The first-order valence-electron chi connectivity index (χ1n) is 7.59. The molecule has 0 bridgehead atoms. The summed E-state index contributed by atoms with van der Waals surface area (Å²) in [6.45, 7) is -0.294. The van der Waals surface area contributed by atoms with Gasteiger partial charge in [-0.1, -0.05) is 24.3 Å². The summed E-state index contributed by atoms with van der Waals surface area (Å²) in [6.07, 6.45) is -4.55. The Morgan fingerprint density at radius 2 is 1.81 bits per heavy atom. The van der Waals surface area contributed by atoms with Crippen LogP contribution in [0.15, 0.2) is 53.4 Å². The third-order valence-electron chi connectivity index (χ3n) is 3.68. The summed E-state index contributed by atoms with van der Waals surface area (Å²) in [7, 11) is 0. The molecular weight excluding hydrogens is 367 g/mol. The highest BCUT2D eigenvalue weighted by atomic mass is 32.2. The van der Waals surface area contributed by atoms with E-state index in [1.165, 1.54) is 34.9 Å². The van der Waals surface area contributed by atoms with E-state index in [-0.39, 0.29) is 23.9 Å². The van der Waals surface area contributed by atoms with E-state index < -0.39 is 17.6 Å². The topological polar surface area (TPSA) is 61.4 Å². The third-order valence-corrected chi connectivity index (χ3v) is 4.73. The van der Waals surface area contributed by atoms with E-state index in [4.69, 9.17) is 0 Å². The van der Waals surface area contributed by atoms with Gasteiger partial charge in [-0.2, -0.15) is 13.2 Å². The van der Waals surface area contributed by atoms with Crippen LogP contribution in [0, 0.1) is 0 Å². The molecule has 0 aliphatic carbocycles. The van der Waals surface area contributed by atoms with Crippen LogP contribution in [0.2, 0.25) is 0 Å². The van der Waals surface area contributed by atoms with Crippen LogP contribution in [-0.2, 0) is 15.8 Å². The molecule has 136 valence electrons.